The van der Waals surface area contributed by atoms with E-state index in [-0.39, 0.29) is 5.78 Å². The first-order chi connectivity index (χ1) is 8.08. The lowest BCUT2D eigenvalue weighted by atomic mass is 10.1. The molecule has 0 saturated carbocycles. The summed E-state index contributed by atoms with van der Waals surface area (Å²) in [5.74, 6) is 0.903. The van der Waals surface area contributed by atoms with Crippen molar-refractivity contribution in [2.24, 2.45) is 5.92 Å². The van der Waals surface area contributed by atoms with Gasteiger partial charge in [-0.2, -0.15) is 0 Å². The molecule has 96 valence electrons. The van der Waals surface area contributed by atoms with Crippen molar-refractivity contribution in [3.8, 4) is 0 Å². The molecule has 0 bridgehead atoms. The standard InChI is InChI=1S/C13H23N3O/c1-11(2)9-13-10-16(15-14-13)8-6-4-5-7-12(3)17/h10-11H,4-9H2,1-3H3. The van der Waals surface area contributed by atoms with E-state index in [2.05, 4.69) is 24.2 Å². The molecule has 1 rings (SSSR count). The van der Waals surface area contributed by atoms with Gasteiger partial charge in [-0.15, -0.1) is 5.10 Å². The van der Waals surface area contributed by atoms with Gasteiger partial charge in [0, 0.05) is 19.2 Å². The first kappa shape index (κ1) is 13.9. The van der Waals surface area contributed by atoms with E-state index in [4.69, 9.17) is 0 Å². The van der Waals surface area contributed by atoms with E-state index in [1.54, 1.807) is 6.92 Å². The van der Waals surface area contributed by atoms with Crippen LogP contribution >= 0.6 is 0 Å². The van der Waals surface area contributed by atoms with E-state index in [9.17, 15) is 4.79 Å². The molecular formula is C13H23N3O. The van der Waals surface area contributed by atoms with Gasteiger partial charge in [-0.05, 0) is 32.1 Å². The molecule has 0 amide bonds. The molecule has 0 aliphatic carbocycles. The number of hydrogen-bond acceptors (Lipinski definition) is 3. The molecule has 0 spiro atoms. The van der Waals surface area contributed by atoms with Crippen LogP contribution in [0.5, 0.6) is 0 Å². The zero-order chi connectivity index (χ0) is 12.7. The largest absolute Gasteiger partial charge is 0.300 e. The minimum absolute atomic E-state index is 0.282. The van der Waals surface area contributed by atoms with Crippen LogP contribution in [0.1, 0.15) is 52.1 Å². The summed E-state index contributed by atoms with van der Waals surface area (Å²) in [5.41, 5.74) is 1.07. The van der Waals surface area contributed by atoms with Crippen molar-refractivity contribution < 1.29 is 4.79 Å². The second-order valence-electron chi connectivity index (χ2n) is 5.08. The van der Waals surface area contributed by atoms with Crippen LogP contribution in [-0.2, 0) is 17.8 Å². The highest BCUT2D eigenvalue weighted by molar-refractivity contribution is 5.75. The van der Waals surface area contributed by atoms with Crippen LogP contribution in [-0.4, -0.2) is 20.8 Å². The number of rotatable bonds is 8. The minimum Gasteiger partial charge on any atom is -0.300 e. The van der Waals surface area contributed by atoms with Crippen molar-refractivity contribution in [2.45, 2.75) is 59.4 Å². The highest BCUT2D eigenvalue weighted by Gasteiger charge is 2.03. The second kappa shape index (κ2) is 7.20. The molecule has 0 aliphatic heterocycles. The Balaban J connectivity index is 2.18. The van der Waals surface area contributed by atoms with Crippen LogP contribution in [0.15, 0.2) is 6.20 Å². The van der Waals surface area contributed by atoms with E-state index < -0.39 is 0 Å². The quantitative estimate of drug-likeness (QED) is 0.653. The Morgan fingerprint density at radius 3 is 2.76 bits per heavy atom. The fourth-order valence-electron chi connectivity index (χ4n) is 1.78. The van der Waals surface area contributed by atoms with Gasteiger partial charge in [0.05, 0.1) is 5.69 Å². The number of Topliss-reactive ketones (excluding diaryl/α,β-unsaturated/α-hetero) is 1. The summed E-state index contributed by atoms with van der Waals surface area (Å²) in [6.45, 7) is 6.92. The summed E-state index contributed by atoms with van der Waals surface area (Å²) in [6, 6.07) is 0. The van der Waals surface area contributed by atoms with Crippen LogP contribution in [0.4, 0.5) is 0 Å². The Kier molecular flexibility index (Phi) is 5.87. The SMILES string of the molecule is CC(=O)CCCCCn1cc(CC(C)C)nn1. The number of hydrogen-bond donors (Lipinski definition) is 0. The highest BCUT2D eigenvalue weighted by Crippen LogP contribution is 2.06. The molecule has 0 atom stereocenters. The van der Waals surface area contributed by atoms with Gasteiger partial charge in [-0.3, -0.25) is 4.68 Å². The summed E-state index contributed by atoms with van der Waals surface area (Å²) in [6.07, 6.45) is 6.87. The fraction of sp³-hybridized carbons (Fsp3) is 0.769. The van der Waals surface area contributed by atoms with Crippen molar-refractivity contribution in [3.63, 3.8) is 0 Å². The molecule has 1 aromatic rings. The Hall–Kier alpha value is -1.19. The van der Waals surface area contributed by atoms with Crippen LogP contribution in [0, 0.1) is 5.92 Å². The molecule has 0 aromatic carbocycles. The van der Waals surface area contributed by atoms with Gasteiger partial charge in [-0.25, -0.2) is 0 Å². The first-order valence-electron chi connectivity index (χ1n) is 6.46. The maximum atomic E-state index is 10.8. The summed E-state index contributed by atoms with van der Waals surface area (Å²) in [4.78, 5) is 10.8. The molecule has 1 aromatic heterocycles. The predicted molar refractivity (Wildman–Crippen MR) is 67.7 cm³/mol. The molecular weight excluding hydrogens is 214 g/mol. The van der Waals surface area contributed by atoms with Gasteiger partial charge < -0.3 is 4.79 Å². The van der Waals surface area contributed by atoms with E-state index in [0.717, 1.165) is 37.9 Å². The number of unbranched alkanes of at least 4 members (excludes halogenated alkanes) is 2. The molecule has 0 radical (unpaired) electrons. The zero-order valence-corrected chi connectivity index (χ0v) is 11.1. The van der Waals surface area contributed by atoms with E-state index in [1.165, 1.54) is 0 Å². The van der Waals surface area contributed by atoms with E-state index in [0.29, 0.717) is 12.3 Å². The molecule has 0 fully saturated rings. The maximum absolute atomic E-state index is 10.8. The number of aromatic nitrogens is 3. The Morgan fingerprint density at radius 2 is 2.12 bits per heavy atom. The Labute approximate surface area is 103 Å². The number of carbonyl (C=O) groups is 1. The van der Waals surface area contributed by atoms with Gasteiger partial charge in [0.1, 0.15) is 5.78 Å². The van der Waals surface area contributed by atoms with Crippen molar-refractivity contribution in [3.05, 3.63) is 11.9 Å². The average Bonchev–Trinajstić information content (AvgIpc) is 2.63. The lowest BCUT2D eigenvalue weighted by molar-refractivity contribution is -0.117. The van der Waals surface area contributed by atoms with Crippen LogP contribution in [0.3, 0.4) is 0 Å². The predicted octanol–water partition coefficient (Wildman–Crippen LogP) is 2.63. The summed E-state index contributed by atoms with van der Waals surface area (Å²) in [7, 11) is 0. The molecule has 4 heteroatoms. The van der Waals surface area contributed by atoms with Gasteiger partial charge in [0.25, 0.3) is 0 Å². The normalized spacial score (nSPS) is 11.1. The van der Waals surface area contributed by atoms with Crippen LogP contribution < -0.4 is 0 Å². The van der Waals surface area contributed by atoms with Crippen molar-refractivity contribution in [1.29, 1.82) is 0 Å². The lowest BCUT2D eigenvalue weighted by Crippen LogP contribution is -1.99. The Morgan fingerprint density at radius 1 is 1.35 bits per heavy atom. The van der Waals surface area contributed by atoms with E-state index in [1.807, 2.05) is 10.9 Å². The van der Waals surface area contributed by atoms with Crippen molar-refractivity contribution >= 4 is 5.78 Å². The summed E-state index contributed by atoms with van der Waals surface area (Å²) >= 11 is 0. The fourth-order valence-corrected chi connectivity index (χ4v) is 1.78. The molecule has 0 aliphatic rings. The number of carbonyl (C=O) groups excluding carboxylic acids is 1. The van der Waals surface area contributed by atoms with Gasteiger partial charge in [-0.1, -0.05) is 25.5 Å². The minimum atomic E-state index is 0.282. The number of aryl methyl sites for hydroxylation is 1. The van der Waals surface area contributed by atoms with Crippen LogP contribution in [0.2, 0.25) is 0 Å². The van der Waals surface area contributed by atoms with E-state index >= 15 is 0 Å². The maximum Gasteiger partial charge on any atom is 0.129 e. The van der Waals surface area contributed by atoms with Gasteiger partial charge >= 0.3 is 0 Å². The number of nitrogens with zero attached hydrogens (tertiary/aromatic N) is 3. The molecule has 0 N–H and O–H groups in total. The Bertz CT molecular complexity index is 344. The third-order valence-electron chi connectivity index (χ3n) is 2.62. The van der Waals surface area contributed by atoms with Gasteiger partial charge in [0.2, 0.25) is 0 Å². The number of ketones is 1. The second-order valence-corrected chi connectivity index (χ2v) is 5.08. The smallest absolute Gasteiger partial charge is 0.129 e. The van der Waals surface area contributed by atoms with Crippen molar-refractivity contribution in [1.82, 2.24) is 15.0 Å². The monoisotopic (exact) mass is 237 g/mol. The average molecular weight is 237 g/mol. The molecule has 0 saturated heterocycles. The summed E-state index contributed by atoms with van der Waals surface area (Å²) in [5, 5.41) is 8.24. The van der Waals surface area contributed by atoms with Crippen molar-refractivity contribution in [2.75, 3.05) is 0 Å². The third-order valence-corrected chi connectivity index (χ3v) is 2.62. The topological polar surface area (TPSA) is 47.8 Å². The molecule has 1 heterocycles. The molecule has 17 heavy (non-hydrogen) atoms. The lowest BCUT2D eigenvalue weighted by Gasteiger charge is -2.00. The molecule has 0 unspecified atom stereocenters. The third kappa shape index (κ3) is 6.19. The summed E-state index contributed by atoms with van der Waals surface area (Å²) < 4.78 is 1.91. The van der Waals surface area contributed by atoms with Crippen LogP contribution in [0.25, 0.3) is 0 Å². The van der Waals surface area contributed by atoms with Gasteiger partial charge in [0.15, 0.2) is 0 Å². The zero-order valence-electron chi connectivity index (χ0n) is 11.1. The highest BCUT2D eigenvalue weighted by atomic mass is 16.1. The molecule has 4 nitrogen and oxygen atoms in total. The first-order valence-corrected chi connectivity index (χ1v) is 6.46.